The molecule has 0 amide bonds. The number of rotatable bonds is 6. The highest BCUT2D eigenvalue weighted by Crippen LogP contribution is 2.27. The summed E-state index contributed by atoms with van der Waals surface area (Å²) in [6.45, 7) is 6.78. The van der Waals surface area contributed by atoms with E-state index in [-0.39, 0.29) is 11.7 Å². The average molecular weight is 321 g/mol. The van der Waals surface area contributed by atoms with E-state index in [2.05, 4.69) is 21.0 Å². The van der Waals surface area contributed by atoms with Crippen molar-refractivity contribution in [2.75, 3.05) is 0 Å². The Bertz CT molecular complexity index is 406. The van der Waals surface area contributed by atoms with Crippen molar-refractivity contribution in [1.29, 1.82) is 0 Å². The molecule has 1 heterocycles. The van der Waals surface area contributed by atoms with Crippen LogP contribution in [0.2, 0.25) is 0 Å². The van der Waals surface area contributed by atoms with Gasteiger partial charge in [-0.15, -0.1) is 0 Å². The van der Waals surface area contributed by atoms with Crippen LogP contribution < -0.4 is 0 Å². The van der Waals surface area contributed by atoms with Gasteiger partial charge in [-0.2, -0.15) is 16.9 Å². The molecule has 1 N–H and O–H groups in total. The molecule has 0 aliphatic rings. The summed E-state index contributed by atoms with van der Waals surface area (Å²) in [6.07, 6.45) is 0.196. The van der Waals surface area contributed by atoms with E-state index >= 15 is 0 Å². The fraction of sp³-hybridized carbons (Fsp3) is 0.636. The summed E-state index contributed by atoms with van der Waals surface area (Å²) >= 11 is 5.17. The van der Waals surface area contributed by atoms with Crippen molar-refractivity contribution in [3.8, 4) is 0 Å². The Morgan fingerprint density at radius 3 is 2.82 bits per heavy atom. The first-order chi connectivity index (χ1) is 7.95. The molecule has 0 aliphatic heterocycles. The first-order valence-electron chi connectivity index (χ1n) is 5.50. The smallest absolute Gasteiger partial charge is 0.304 e. The van der Waals surface area contributed by atoms with Gasteiger partial charge in [-0.1, -0.05) is 6.92 Å². The van der Waals surface area contributed by atoms with Gasteiger partial charge in [0.2, 0.25) is 0 Å². The lowest BCUT2D eigenvalue weighted by Crippen LogP contribution is -2.08. The fourth-order valence-electron chi connectivity index (χ4n) is 1.53. The third-order valence-corrected chi connectivity index (χ3v) is 4.63. The van der Waals surface area contributed by atoms with Gasteiger partial charge in [0.25, 0.3) is 0 Å². The highest BCUT2D eigenvalue weighted by atomic mass is 79.9. The van der Waals surface area contributed by atoms with E-state index in [0.29, 0.717) is 0 Å². The monoisotopic (exact) mass is 320 g/mol. The van der Waals surface area contributed by atoms with Crippen molar-refractivity contribution < 1.29 is 9.90 Å². The van der Waals surface area contributed by atoms with Crippen molar-refractivity contribution in [1.82, 2.24) is 9.78 Å². The van der Waals surface area contributed by atoms with Gasteiger partial charge < -0.3 is 5.11 Å². The highest BCUT2D eigenvalue weighted by molar-refractivity contribution is 9.10. The number of hydrogen-bond acceptors (Lipinski definition) is 3. The number of carboxylic acid groups (broad SMARTS) is 1. The number of hydrogen-bond donors (Lipinski definition) is 1. The lowest BCUT2D eigenvalue weighted by atomic mass is 10.3. The van der Waals surface area contributed by atoms with E-state index in [0.717, 1.165) is 28.2 Å². The molecule has 0 saturated heterocycles. The van der Waals surface area contributed by atoms with Gasteiger partial charge in [0.1, 0.15) is 0 Å². The van der Waals surface area contributed by atoms with Crippen LogP contribution in [0, 0.1) is 6.92 Å². The summed E-state index contributed by atoms with van der Waals surface area (Å²) in [4.78, 5) is 10.6. The third kappa shape index (κ3) is 4.03. The molecule has 1 aromatic heterocycles. The first-order valence-corrected chi connectivity index (χ1v) is 7.35. The zero-order chi connectivity index (χ0) is 13.0. The third-order valence-electron chi connectivity index (χ3n) is 2.42. The van der Waals surface area contributed by atoms with Crippen LogP contribution in [-0.2, 0) is 17.1 Å². The molecule has 1 aromatic rings. The number of halogens is 1. The lowest BCUT2D eigenvalue weighted by Gasteiger charge is -2.09. The second-order valence-electron chi connectivity index (χ2n) is 3.88. The van der Waals surface area contributed by atoms with Gasteiger partial charge in [0, 0.05) is 17.5 Å². The Morgan fingerprint density at radius 2 is 2.29 bits per heavy atom. The van der Waals surface area contributed by atoms with Crippen LogP contribution in [0.1, 0.15) is 31.7 Å². The molecule has 1 rings (SSSR count). The molecule has 0 aliphatic carbocycles. The van der Waals surface area contributed by atoms with E-state index in [1.54, 1.807) is 11.8 Å². The molecule has 96 valence electrons. The number of thioether (sulfide) groups is 1. The number of aryl methyl sites for hydroxylation is 2. The molecule has 0 radical (unpaired) electrons. The number of aromatic nitrogens is 2. The predicted octanol–water partition coefficient (Wildman–Crippen LogP) is 3.07. The first kappa shape index (κ1) is 14.6. The van der Waals surface area contributed by atoms with Crippen molar-refractivity contribution in [3.63, 3.8) is 0 Å². The second kappa shape index (κ2) is 6.44. The molecule has 4 nitrogen and oxygen atoms in total. The number of aliphatic carboxylic acids is 1. The van der Waals surface area contributed by atoms with E-state index in [1.165, 1.54) is 0 Å². The SMILES string of the molecule is CCn1nc(C)c(Br)c1CSC(C)CC(=O)O. The Morgan fingerprint density at radius 1 is 1.65 bits per heavy atom. The zero-order valence-electron chi connectivity index (χ0n) is 10.2. The summed E-state index contributed by atoms with van der Waals surface area (Å²) in [5.74, 6) is 0.0354. The summed E-state index contributed by atoms with van der Waals surface area (Å²) in [7, 11) is 0. The molecule has 6 heteroatoms. The molecule has 1 atom stereocenters. The summed E-state index contributed by atoms with van der Waals surface area (Å²) in [6, 6.07) is 0. The predicted molar refractivity (Wildman–Crippen MR) is 73.3 cm³/mol. The van der Waals surface area contributed by atoms with Crippen LogP contribution in [0.15, 0.2) is 4.47 Å². The molecule has 0 aromatic carbocycles. The lowest BCUT2D eigenvalue weighted by molar-refractivity contribution is -0.136. The van der Waals surface area contributed by atoms with Crippen molar-refractivity contribution in [3.05, 3.63) is 15.9 Å². The van der Waals surface area contributed by atoms with Gasteiger partial charge in [0.15, 0.2) is 0 Å². The van der Waals surface area contributed by atoms with Crippen LogP contribution in [0.3, 0.4) is 0 Å². The van der Waals surface area contributed by atoms with Crippen LogP contribution in [-0.4, -0.2) is 26.1 Å². The van der Waals surface area contributed by atoms with E-state index < -0.39 is 5.97 Å². The zero-order valence-corrected chi connectivity index (χ0v) is 12.6. The molecule has 0 fully saturated rings. The van der Waals surface area contributed by atoms with Crippen molar-refractivity contribution >= 4 is 33.7 Å². The topological polar surface area (TPSA) is 55.1 Å². The second-order valence-corrected chi connectivity index (χ2v) is 6.10. The molecule has 1 unspecified atom stereocenters. The van der Waals surface area contributed by atoms with Gasteiger partial charge in [0.05, 0.1) is 22.3 Å². The van der Waals surface area contributed by atoms with Crippen LogP contribution in [0.5, 0.6) is 0 Å². The van der Waals surface area contributed by atoms with Crippen LogP contribution in [0.4, 0.5) is 0 Å². The minimum atomic E-state index is -0.746. The minimum Gasteiger partial charge on any atom is -0.481 e. The maximum absolute atomic E-state index is 10.6. The number of nitrogens with zero attached hydrogens (tertiary/aromatic N) is 2. The molecule has 17 heavy (non-hydrogen) atoms. The fourth-order valence-corrected chi connectivity index (χ4v) is 3.14. The standard InChI is InChI=1S/C11H17BrN2O2S/c1-4-14-9(11(12)8(3)13-14)6-17-7(2)5-10(15)16/h7H,4-6H2,1-3H3,(H,15,16). The van der Waals surface area contributed by atoms with E-state index in [9.17, 15) is 4.79 Å². The van der Waals surface area contributed by atoms with Gasteiger partial charge >= 0.3 is 5.97 Å². The van der Waals surface area contributed by atoms with E-state index in [4.69, 9.17) is 5.11 Å². The van der Waals surface area contributed by atoms with Crippen molar-refractivity contribution in [2.45, 2.75) is 44.7 Å². The molecule has 0 saturated carbocycles. The van der Waals surface area contributed by atoms with Gasteiger partial charge in [-0.05, 0) is 29.8 Å². The molecular formula is C11H17BrN2O2S. The van der Waals surface area contributed by atoms with Crippen LogP contribution >= 0.6 is 27.7 Å². The Balaban J connectivity index is 2.65. The average Bonchev–Trinajstić information content (AvgIpc) is 2.51. The molecule has 0 bridgehead atoms. The van der Waals surface area contributed by atoms with Crippen LogP contribution in [0.25, 0.3) is 0 Å². The van der Waals surface area contributed by atoms with E-state index in [1.807, 2.05) is 25.5 Å². The Hall–Kier alpha value is -0.490. The van der Waals surface area contributed by atoms with Gasteiger partial charge in [-0.25, -0.2) is 0 Å². The summed E-state index contributed by atoms with van der Waals surface area (Å²) in [5, 5.41) is 13.2. The minimum absolute atomic E-state index is 0.111. The normalized spacial score (nSPS) is 12.7. The summed E-state index contributed by atoms with van der Waals surface area (Å²) < 4.78 is 2.99. The summed E-state index contributed by atoms with van der Waals surface area (Å²) in [5.41, 5.74) is 2.11. The largest absolute Gasteiger partial charge is 0.481 e. The highest BCUT2D eigenvalue weighted by Gasteiger charge is 2.14. The van der Waals surface area contributed by atoms with Crippen molar-refractivity contribution in [2.24, 2.45) is 0 Å². The maximum Gasteiger partial charge on any atom is 0.304 e. The quantitative estimate of drug-likeness (QED) is 0.875. The maximum atomic E-state index is 10.6. The number of carboxylic acids is 1. The van der Waals surface area contributed by atoms with Gasteiger partial charge in [-0.3, -0.25) is 9.48 Å². The Labute approximate surface area is 114 Å². The Kier molecular flexibility index (Phi) is 5.52. The molecular weight excluding hydrogens is 304 g/mol. The molecule has 0 spiro atoms. The number of carbonyl (C=O) groups is 1.